The molecule has 68 valence electrons. The standard InChI is InChI=1S/C7H4ClNO2S2/c8-7-4-3-6(13(10)11)12-5(4)1-2-9-7/h1-3H,(H,10,11)/p-1. The van der Waals surface area contributed by atoms with Crippen LogP contribution in [0.25, 0.3) is 10.1 Å². The first kappa shape index (κ1) is 9.08. The fourth-order valence-electron chi connectivity index (χ4n) is 0.989. The van der Waals surface area contributed by atoms with Crippen LogP contribution in [0.5, 0.6) is 0 Å². The highest BCUT2D eigenvalue weighted by Crippen LogP contribution is 2.30. The molecule has 0 N–H and O–H groups in total. The maximum absolute atomic E-state index is 10.6. The number of rotatable bonds is 1. The Kier molecular flexibility index (Phi) is 2.33. The normalized spacial score (nSPS) is 13.4. The van der Waals surface area contributed by atoms with Crippen molar-refractivity contribution in [3.8, 4) is 0 Å². The maximum atomic E-state index is 10.6. The number of hydrogen-bond donors (Lipinski definition) is 0. The summed E-state index contributed by atoms with van der Waals surface area (Å²) in [5, 5.41) is 1.03. The van der Waals surface area contributed by atoms with E-state index in [1.807, 2.05) is 0 Å². The van der Waals surface area contributed by atoms with Crippen molar-refractivity contribution in [3.05, 3.63) is 23.5 Å². The van der Waals surface area contributed by atoms with Gasteiger partial charge in [-0.25, -0.2) is 4.98 Å². The summed E-state index contributed by atoms with van der Waals surface area (Å²) in [5.74, 6) is 0. The summed E-state index contributed by atoms with van der Waals surface area (Å²) in [5.41, 5.74) is 0. The van der Waals surface area contributed by atoms with E-state index in [1.165, 1.54) is 17.4 Å². The molecule has 0 aliphatic heterocycles. The Bertz CT molecular complexity index is 482. The highest BCUT2D eigenvalue weighted by Gasteiger charge is 2.05. The average Bonchev–Trinajstić information content (AvgIpc) is 2.49. The lowest BCUT2D eigenvalue weighted by Gasteiger charge is -1.96. The molecule has 0 fully saturated rings. The zero-order valence-corrected chi connectivity index (χ0v) is 8.58. The van der Waals surface area contributed by atoms with E-state index in [9.17, 15) is 8.76 Å². The lowest BCUT2D eigenvalue weighted by Crippen LogP contribution is -1.80. The number of pyridine rings is 1. The number of fused-ring (bicyclic) bond motifs is 1. The molecule has 3 nitrogen and oxygen atoms in total. The molecule has 1 atom stereocenters. The Labute approximate surface area is 85.7 Å². The molecule has 13 heavy (non-hydrogen) atoms. The minimum Gasteiger partial charge on any atom is -0.768 e. The first-order valence-electron chi connectivity index (χ1n) is 3.32. The lowest BCUT2D eigenvalue weighted by atomic mass is 10.3. The molecular formula is C7H3ClNO2S2-. The first-order chi connectivity index (χ1) is 6.18. The molecule has 0 radical (unpaired) electrons. The molecular weight excluding hydrogens is 230 g/mol. The van der Waals surface area contributed by atoms with Gasteiger partial charge in [-0.05, 0) is 23.2 Å². The molecule has 0 saturated carbocycles. The maximum Gasteiger partial charge on any atom is 0.137 e. The second-order valence-corrected chi connectivity index (χ2v) is 4.92. The largest absolute Gasteiger partial charge is 0.768 e. The molecule has 0 aliphatic rings. The van der Waals surface area contributed by atoms with Gasteiger partial charge in [0.2, 0.25) is 0 Å². The first-order valence-corrected chi connectivity index (χ1v) is 5.59. The number of hydrogen-bond acceptors (Lipinski definition) is 4. The van der Waals surface area contributed by atoms with Crippen LogP contribution in [0.2, 0.25) is 5.15 Å². The quantitative estimate of drug-likeness (QED) is 0.560. The highest BCUT2D eigenvalue weighted by molar-refractivity contribution is 7.82. The van der Waals surface area contributed by atoms with E-state index in [4.69, 9.17) is 11.6 Å². The van der Waals surface area contributed by atoms with Crippen LogP contribution in [-0.4, -0.2) is 13.7 Å². The van der Waals surface area contributed by atoms with Gasteiger partial charge in [0.25, 0.3) is 0 Å². The van der Waals surface area contributed by atoms with Gasteiger partial charge in [0.15, 0.2) is 0 Å². The molecule has 0 aliphatic carbocycles. The zero-order chi connectivity index (χ0) is 9.42. The van der Waals surface area contributed by atoms with Crippen LogP contribution in [0.4, 0.5) is 0 Å². The Morgan fingerprint density at radius 2 is 2.38 bits per heavy atom. The lowest BCUT2D eigenvalue weighted by molar-refractivity contribution is 0.539. The molecule has 1 unspecified atom stereocenters. The van der Waals surface area contributed by atoms with Crippen molar-refractivity contribution in [2.75, 3.05) is 0 Å². The molecule has 0 bridgehead atoms. The second kappa shape index (κ2) is 3.34. The fraction of sp³-hybridized carbons (Fsp3) is 0. The SMILES string of the molecule is O=S([O-])c1cc2c(Cl)nccc2s1. The van der Waals surface area contributed by atoms with Crippen molar-refractivity contribution in [1.29, 1.82) is 0 Å². The van der Waals surface area contributed by atoms with Crippen molar-refractivity contribution >= 4 is 44.1 Å². The van der Waals surface area contributed by atoms with E-state index < -0.39 is 11.1 Å². The minimum atomic E-state index is -2.19. The molecule has 2 aromatic rings. The monoisotopic (exact) mass is 232 g/mol. The van der Waals surface area contributed by atoms with Gasteiger partial charge < -0.3 is 4.55 Å². The Hall–Kier alpha value is -0.490. The fourth-order valence-corrected chi connectivity index (χ4v) is 2.80. The summed E-state index contributed by atoms with van der Waals surface area (Å²) in [6.07, 6.45) is 1.55. The minimum absolute atomic E-state index is 0.282. The van der Waals surface area contributed by atoms with Gasteiger partial charge in [-0.1, -0.05) is 11.6 Å². The van der Waals surface area contributed by atoms with E-state index in [-0.39, 0.29) is 4.21 Å². The summed E-state index contributed by atoms with van der Waals surface area (Å²) in [6, 6.07) is 3.26. The second-order valence-electron chi connectivity index (χ2n) is 2.31. The van der Waals surface area contributed by atoms with Gasteiger partial charge in [-0.15, -0.1) is 11.3 Å². The zero-order valence-electron chi connectivity index (χ0n) is 6.19. The number of aromatic nitrogens is 1. The summed E-state index contributed by atoms with van der Waals surface area (Å²) < 4.78 is 22.4. The molecule has 2 heterocycles. The van der Waals surface area contributed by atoms with Crippen LogP contribution in [-0.2, 0) is 11.1 Å². The number of halogens is 1. The molecule has 0 saturated heterocycles. The average molecular weight is 233 g/mol. The van der Waals surface area contributed by atoms with Crippen LogP contribution in [0, 0.1) is 0 Å². The number of nitrogens with zero attached hydrogens (tertiary/aromatic N) is 1. The van der Waals surface area contributed by atoms with Crippen molar-refractivity contribution in [2.45, 2.75) is 4.21 Å². The van der Waals surface area contributed by atoms with Crippen LogP contribution >= 0.6 is 22.9 Å². The topological polar surface area (TPSA) is 53.0 Å². The van der Waals surface area contributed by atoms with Crippen molar-refractivity contribution in [2.24, 2.45) is 0 Å². The van der Waals surface area contributed by atoms with E-state index in [0.29, 0.717) is 10.5 Å². The third-order valence-corrected chi connectivity index (χ3v) is 3.84. The molecule has 0 spiro atoms. The Morgan fingerprint density at radius 3 is 3.00 bits per heavy atom. The predicted molar refractivity (Wildman–Crippen MR) is 51.8 cm³/mol. The van der Waals surface area contributed by atoms with E-state index in [2.05, 4.69) is 4.98 Å². The van der Waals surface area contributed by atoms with Gasteiger partial charge in [0.05, 0.1) is 4.21 Å². The van der Waals surface area contributed by atoms with Crippen molar-refractivity contribution < 1.29 is 8.76 Å². The van der Waals surface area contributed by atoms with Crippen LogP contribution in [0.15, 0.2) is 22.5 Å². The van der Waals surface area contributed by atoms with Gasteiger partial charge >= 0.3 is 0 Å². The van der Waals surface area contributed by atoms with E-state index in [0.717, 1.165) is 4.70 Å². The van der Waals surface area contributed by atoms with Crippen LogP contribution in [0.1, 0.15) is 0 Å². The number of thiophene rings is 1. The van der Waals surface area contributed by atoms with Crippen molar-refractivity contribution in [3.63, 3.8) is 0 Å². The van der Waals surface area contributed by atoms with Crippen LogP contribution in [0.3, 0.4) is 0 Å². The van der Waals surface area contributed by atoms with E-state index in [1.54, 1.807) is 12.3 Å². The van der Waals surface area contributed by atoms with E-state index >= 15 is 0 Å². The van der Waals surface area contributed by atoms with Gasteiger partial charge in [-0.3, -0.25) is 4.21 Å². The molecule has 2 aromatic heterocycles. The van der Waals surface area contributed by atoms with Gasteiger partial charge in [-0.2, -0.15) is 0 Å². The summed E-state index contributed by atoms with van der Waals surface area (Å²) >= 11 is 4.76. The third-order valence-electron chi connectivity index (χ3n) is 1.54. The molecule has 0 amide bonds. The summed E-state index contributed by atoms with van der Waals surface area (Å²) in [7, 11) is 0. The third kappa shape index (κ3) is 1.60. The molecule has 6 heteroatoms. The predicted octanol–water partition coefficient (Wildman–Crippen LogP) is 2.19. The smallest absolute Gasteiger partial charge is 0.137 e. The van der Waals surface area contributed by atoms with Crippen LogP contribution < -0.4 is 0 Å². The molecule has 2 rings (SSSR count). The highest BCUT2D eigenvalue weighted by atomic mass is 35.5. The van der Waals surface area contributed by atoms with Gasteiger partial charge in [0, 0.05) is 16.3 Å². The summed E-state index contributed by atoms with van der Waals surface area (Å²) in [6.45, 7) is 0. The Balaban J connectivity index is 2.75. The molecule has 0 aromatic carbocycles. The Morgan fingerprint density at radius 1 is 1.62 bits per heavy atom. The summed E-state index contributed by atoms with van der Waals surface area (Å²) in [4.78, 5) is 3.85. The van der Waals surface area contributed by atoms with Gasteiger partial charge in [0.1, 0.15) is 5.15 Å². The van der Waals surface area contributed by atoms with Crippen molar-refractivity contribution in [1.82, 2.24) is 4.98 Å².